The Morgan fingerprint density at radius 3 is 2.19 bits per heavy atom. The molecule has 0 atom stereocenters. The van der Waals surface area contributed by atoms with Crippen LogP contribution in [0.5, 0.6) is 0 Å². The fourth-order valence-corrected chi connectivity index (χ4v) is 2.46. The van der Waals surface area contributed by atoms with Crippen LogP contribution in [0.2, 0.25) is 0 Å². The predicted molar refractivity (Wildman–Crippen MR) is 94.4 cm³/mol. The van der Waals surface area contributed by atoms with E-state index in [1.807, 2.05) is 0 Å². The normalized spacial score (nSPS) is 10.1. The first-order valence-corrected chi connectivity index (χ1v) is 8.58. The molecular weight excluding hydrogens is 364 g/mol. The monoisotopic (exact) mass is 379 g/mol. The summed E-state index contributed by atoms with van der Waals surface area (Å²) in [5, 5.41) is 2.55. The van der Waals surface area contributed by atoms with Crippen molar-refractivity contribution in [2.24, 2.45) is 0 Å². The van der Waals surface area contributed by atoms with E-state index in [1.54, 1.807) is 0 Å². The maximum atomic E-state index is 13.4. The minimum atomic E-state index is -0.782. The van der Waals surface area contributed by atoms with E-state index in [0.717, 1.165) is 17.8 Å². The molecule has 9 heteroatoms. The van der Waals surface area contributed by atoms with E-state index in [-0.39, 0.29) is 23.0 Å². The van der Waals surface area contributed by atoms with Gasteiger partial charge in [-0.15, -0.1) is 11.8 Å². The summed E-state index contributed by atoms with van der Waals surface area (Å²) in [5.41, 5.74) is 4.48. The molecule has 0 fully saturated rings. The Kier molecular flexibility index (Phi) is 7.10. The van der Waals surface area contributed by atoms with Crippen molar-refractivity contribution in [3.05, 3.63) is 65.7 Å². The van der Waals surface area contributed by atoms with Crippen molar-refractivity contribution in [2.45, 2.75) is 0 Å². The lowest BCUT2D eigenvalue weighted by Crippen LogP contribution is -2.42. The van der Waals surface area contributed by atoms with Crippen molar-refractivity contribution in [3.8, 4) is 0 Å². The summed E-state index contributed by atoms with van der Waals surface area (Å²) in [6.45, 7) is 0. The fraction of sp³-hybridized carbons (Fsp3) is 0.118. The number of benzene rings is 2. The first kappa shape index (κ1) is 19.4. The van der Waals surface area contributed by atoms with Crippen LogP contribution in [-0.4, -0.2) is 29.2 Å². The van der Waals surface area contributed by atoms with E-state index in [9.17, 15) is 23.2 Å². The lowest BCUT2D eigenvalue weighted by Gasteiger charge is -2.08. The zero-order valence-electron chi connectivity index (χ0n) is 13.4. The predicted octanol–water partition coefficient (Wildman–Crippen LogP) is 2.10. The van der Waals surface area contributed by atoms with Gasteiger partial charge in [-0.1, -0.05) is 12.1 Å². The molecule has 3 amide bonds. The summed E-state index contributed by atoms with van der Waals surface area (Å²) in [6, 6.07) is 10.6. The molecule has 0 saturated heterocycles. The molecule has 0 heterocycles. The van der Waals surface area contributed by atoms with Gasteiger partial charge in [0.05, 0.1) is 17.1 Å². The molecule has 0 radical (unpaired) electrons. The van der Waals surface area contributed by atoms with Crippen LogP contribution in [0.4, 0.5) is 14.5 Å². The van der Waals surface area contributed by atoms with E-state index in [1.165, 1.54) is 42.5 Å². The molecule has 3 N–H and O–H groups in total. The molecule has 26 heavy (non-hydrogen) atoms. The van der Waals surface area contributed by atoms with Crippen molar-refractivity contribution in [3.63, 3.8) is 0 Å². The highest BCUT2D eigenvalue weighted by Gasteiger charge is 2.12. The second-order valence-electron chi connectivity index (χ2n) is 5.03. The molecule has 2 rings (SSSR count). The number of rotatable bonds is 6. The van der Waals surface area contributed by atoms with Crippen molar-refractivity contribution in [2.75, 3.05) is 16.8 Å². The van der Waals surface area contributed by atoms with Crippen LogP contribution in [0.15, 0.2) is 48.5 Å². The van der Waals surface area contributed by atoms with Gasteiger partial charge in [-0.2, -0.15) is 0 Å². The summed E-state index contributed by atoms with van der Waals surface area (Å²) in [6.07, 6.45) is 0. The molecule has 0 unspecified atom stereocenters. The number of amides is 3. The Bertz CT molecular complexity index is 800. The van der Waals surface area contributed by atoms with Crippen molar-refractivity contribution >= 4 is 35.2 Å². The molecule has 0 aromatic heterocycles. The van der Waals surface area contributed by atoms with Gasteiger partial charge >= 0.3 is 0 Å². The molecule has 0 aliphatic carbocycles. The highest BCUT2D eigenvalue weighted by Crippen LogP contribution is 2.09. The Morgan fingerprint density at radius 2 is 1.50 bits per heavy atom. The molecule has 0 aliphatic heterocycles. The molecule has 0 saturated carbocycles. The zero-order chi connectivity index (χ0) is 18.9. The molecule has 2 aromatic rings. The van der Waals surface area contributed by atoms with Crippen LogP contribution >= 0.6 is 11.8 Å². The minimum Gasteiger partial charge on any atom is -0.325 e. The van der Waals surface area contributed by atoms with Crippen LogP contribution in [0.25, 0.3) is 0 Å². The lowest BCUT2D eigenvalue weighted by molar-refractivity contribution is -0.119. The summed E-state index contributed by atoms with van der Waals surface area (Å²) in [7, 11) is 0. The topological polar surface area (TPSA) is 87.3 Å². The van der Waals surface area contributed by atoms with Crippen molar-refractivity contribution in [1.82, 2.24) is 10.9 Å². The molecule has 0 spiro atoms. The van der Waals surface area contributed by atoms with Gasteiger partial charge in [-0.3, -0.25) is 25.2 Å². The molecule has 136 valence electrons. The smallest absolute Gasteiger partial charge is 0.272 e. The molecule has 2 aromatic carbocycles. The van der Waals surface area contributed by atoms with Gasteiger partial charge in [0.25, 0.3) is 5.91 Å². The van der Waals surface area contributed by atoms with Gasteiger partial charge in [-0.25, -0.2) is 8.78 Å². The number of hydrogen-bond acceptors (Lipinski definition) is 4. The Morgan fingerprint density at radius 1 is 0.846 bits per heavy atom. The van der Waals surface area contributed by atoms with E-state index < -0.39 is 23.4 Å². The van der Waals surface area contributed by atoms with Crippen LogP contribution < -0.4 is 16.2 Å². The third-order valence-corrected chi connectivity index (χ3v) is 3.96. The number of nitrogens with one attached hydrogen (secondary N) is 3. The summed E-state index contributed by atoms with van der Waals surface area (Å²) < 4.78 is 26.2. The third kappa shape index (κ3) is 6.17. The van der Waals surface area contributed by atoms with Crippen LogP contribution in [0.1, 0.15) is 10.4 Å². The average molecular weight is 379 g/mol. The number of anilines is 1. The van der Waals surface area contributed by atoms with Gasteiger partial charge in [0.2, 0.25) is 11.8 Å². The Hall–Kier alpha value is -2.94. The fourth-order valence-electron chi connectivity index (χ4n) is 1.84. The summed E-state index contributed by atoms with van der Waals surface area (Å²) in [5.74, 6) is -2.90. The summed E-state index contributed by atoms with van der Waals surface area (Å²) >= 11 is 1.02. The van der Waals surface area contributed by atoms with Gasteiger partial charge < -0.3 is 5.32 Å². The molecule has 0 aliphatic rings. The number of hydrogen-bond donors (Lipinski definition) is 3. The van der Waals surface area contributed by atoms with Gasteiger partial charge in [0.15, 0.2) is 0 Å². The molecular formula is C17H15F2N3O3S. The minimum absolute atomic E-state index is 0.00788. The first-order valence-electron chi connectivity index (χ1n) is 7.42. The van der Waals surface area contributed by atoms with Crippen LogP contribution in [-0.2, 0) is 9.59 Å². The summed E-state index contributed by atoms with van der Waals surface area (Å²) in [4.78, 5) is 35.0. The number of thioether (sulfide) groups is 1. The van der Waals surface area contributed by atoms with Crippen molar-refractivity contribution < 1.29 is 23.2 Å². The standard InChI is InChI=1S/C17H15F2N3O3S/c18-11-5-7-12(8-6-11)20-15(23)9-26-10-16(24)21-22-17(25)13-3-1-2-4-14(13)19/h1-8H,9-10H2,(H,20,23)(H,21,24)(H,22,25). The second kappa shape index (κ2) is 9.52. The van der Waals surface area contributed by atoms with E-state index in [4.69, 9.17) is 0 Å². The van der Waals surface area contributed by atoms with Gasteiger partial charge in [0, 0.05) is 5.69 Å². The average Bonchev–Trinajstić information content (AvgIpc) is 2.62. The number of carbonyl (C=O) groups is 3. The van der Waals surface area contributed by atoms with Crippen LogP contribution in [0, 0.1) is 11.6 Å². The SMILES string of the molecule is O=C(CSCC(=O)Nc1ccc(F)cc1)NNC(=O)c1ccccc1F. The van der Waals surface area contributed by atoms with E-state index >= 15 is 0 Å². The maximum absolute atomic E-state index is 13.4. The Labute approximate surface area is 152 Å². The van der Waals surface area contributed by atoms with E-state index in [2.05, 4.69) is 16.2 Å². The Balaban J connectivity index is 1.67. The lowest BCUT2D eigenvalue weighted by atomic mass is 10.2. The highest BCUT2D eigenvalue weighted by atomic mass is 32.2. The van der Waals surface area contributed by atoms with Crippen molar-refractivity contribution in [1.29, 1.82) is 0 Å². The van der Waals surface area contributed by atoms with Crippen LogP contribution in [0.3, 0.4) is 0 Å². The van der Waals surface area contributed by atoms with Gasteiger partial charge in [0.1, 0.15) is 11.6 Å². The molecule has 0 bridgehead atoms. The van der Waals surface area contributed by atoms with Gasteiger partial charge in [-0.05, 0) is 36.4 Å². The second-order valence-corrected chi connectivity index (χ2v) is 6.02. The number of halogens is 2. The highest BCUT2D eigenvalue weighted by molar-refractivity contribution is 8.00. The third-order valence-electron chi connectivity index (χ3n) is 3.03. The maximum Gasteiger partial charge on any atom is 0.272 e. The number of hydrazine groups is 1. The number of carbonyl (C=O) groups excluding carboxylic acids is 3. The first-order chi connectivity index (χ1) is 12.5. The zero-order valence-corrected chi connectivity index (χ0v) is 14.2. The quantitative estimate of drug-likeness (QED) is 0.671. The van der Waals surface area contributed by atoms with E-state index in [0.29, 0.717) is 5.69 Å². The molecule has 6 nitrogen and oxygen atoms in total. The largest absolute Gasteiger partial charge is 0.325 e.